The van der Waals surface area contributed by atoms with Crippen molar-refractivity contribution in [1.82, 2.24) is 4.67 Å². The van der Waals surface area contributed by atoms with Crippen LogP contribution in [0.1, 0.15) is 28.7 Å². The van der Waals surface area contributed by atoms with Gasteiger partial charge in [-0.25, -0.2) is 0 Å². The topological polar surface area (TPSA) is 40.5 Å². The Morgan fingerprint density at radius 3 is 1.49 bits per heavy atom. The molecule has 4 heteroatoms. The first-order valence-corrected chi connectivity index (χ1v) is 17.6. The third-order valence-corrected chi connectivity index (χ3v) is 16.2. The first-order chi connectivity index (χ1) is 20.9. The van der Waals surface area contributed by atoms with E-state index in [2.05, 4.69) is 158 Å². The Balaban J connectivity index is 1.67. The van der Waals surface area contributed by atoms with E-state index in [4.69, 9.17) is 0 Å². The van der Waals surface area contributed by atoms with E-state index in [1.54, 1.807) is 0 Å². The molecule has 43 heavy (non-hydrogen) atoms. The Hall–Kier alpha value is -4.04. The molecule has 2 atom stereocenters. The maximum atomic E-state index is 13.4. The van der Waals surface area contributed by atoms with Gasteiger partial charge in [0.25, 0.3) is 0 Å². The molecule has 0 saturated carbocycles. The van der Waals surface area contributed by atoms with Crippen molar-refractivity contribution in [3.8, 4) is 0 Å². The summed E-state index contributed by atoms with van der Waals surface area (Å²) in [5.74, 6) is -0.536. The Bertz CT molecular complexity index is 1570. The van der Waals surface area contributed by atoms with Gasteiger partial charge in [-0.3, -0.25) is 0 Å². The van der Waals surface area contributed by atoms with Crippen LogP contribution in [0.15, 0.2) is 140 Å². The summed E-state index contributed by atoms with van der Waals surface area (Å²) in [6.07, 6.45) is 2.18. The van der Waals surface area contributed by atoms with E-state index in [0.717, 1.165) is 6.42 Å². The molecule has 1 fully saturated rings. The average Bonchev–Trinajstić information content (AvgIpc) is 3.48. The molecule has 5 aromatic carbocycles. The van der Waals surface area contributed by atoms with Gasteiger partial charge in [0.15, 0.2) is 0 Å². The summed E-state index contributed by atoms with van der Waals surface area (Å²) < 4.78 is 2.48. The van der Waals surface area contributed by atoms with Crippen molar-refractivity contribution in [3.63, 3.8) is 0 Å². The number of aryl methyl sites for hydroxylation is 2. The molecule has 1 N–H and O–H groups in total. The van der Waals surface area contributed by atoms with Crippen LogP contribution in [0.25, 0.3) is 0 Å². The van der Waals surface area contributed by atoms with E-state index < -0.39 is 18.8 Å². The zero-order valence-corrected chi connectivity index (χ0v) is 25.9. The summed E-state index contributed by atoms with van der Waals surface area (Å²) >= 11 is 0. The van der Waals surface area contributed by atoms with Crippen molar-refractivity contribution in [2.24, 2.45) is 5.92 Å². The van der Waals surface area contributed by atoms with E-state index in [0.29, 0.717) is 19.1 Å². The van der Waals surface area contributed by atoms with E-state index in [1.165, 1.54) is 38.2 Å². The number of carboxylic acid groups (broad SMARTS) is 1. The fourth-order valence-corrected chi connectivity index (χ4v) is 14.7. The van der Waals surface area contributed by atoms with Crippen LogP contribution in [-0.4, -0.2) is 28.3 Å². The number of aliphatic carboxylic acids is 1. The monoisotopic (exact) mass is 585 g/mol. The molecule has 1 heterocycles. The Morgan fingerprint density at radius 2 is 1.07 bits per heavy atom. The van der Waals surface area contributed by atoms with Crippen LogP contribution in [0, 0.1) is 19.8 Å². The second-order valence-electron chi connectivity index (χ2n) is 12.2. The van der Waals surface area contributed by atoms with Crippen LogP contribution in [0.5, 0.6) is 0 Å². The van der Waals surface area contributed by atoms with Gasteiger partial charge < -0.3 is 0 Å². The van der Waals surface area contributed by atoms with Crippen molar-refractivity contribution >= 4 is 28.6 Å². The van der Waals surface area contributed by atoms with Crippen LogP contribution in [-0.2, 0) is 17.4 Å². The number of benzene rings is 5. The van der Waals surface area contributed by atoms with Gasteiger partial charge in [0.05, 0.1) is 0 Å². The van der Waals surface area contributed by atoms with Crippen LogP contribution in [0.3, 0.4) is 0 Å². The summed E-state index contributed by atoms with van der Waals surface area (Å²) in [5.41, 5.74) is 4.93. The van der Waals surface area contributed by atoms with E-state index in [9.17, 15) is 9.90 Å². The standard InChI is InChI=1S/C39H40NO2P/c1-30-18-22-32(23-19-30)26-34-27-38(39(41)42)40(28-34)43(35-12-6-3-7-13-35,36-14-8-4-9-15-36,37-16-10-5-11-17-37)29-33-24-20-31(2)21-25-33/h3-25,34,38H,26-29H2,1-2H3,(H,41,42)/t34?,38-/m0/s1. The molecule has 0 aromatic heterocycles. The number of hydrogen-bond acceptors (Lipinski definition) is 2. The number of hydrogen-bond donors (Lipinski definition) is 1. The van der Waals surface area contributed by atoms with Gasteiger partial charge in [-0.1, -0.05) is 0 Å². The summed E-state index contributed by atoms with van der Waals surface area (Å²) in [6.45, 7) is 1.24. The first kappa shape index (κ1) is 29.1. The number of carbonyl (C=O) groups is 1. The molecule has 0 spiro atoms. The molecule has 1 aliphatic rings. The molecular formula is C39H40NO2P. The van der Waals surface area contributed by atoms with Crippen LogP contribution < -0.4 is 15.9 Å². The third-order valence-electron chi connectivity index (χ3n) is 9.41. The van der Waals surface area contributed by atoms with E-state index in [-0.39, 0.29) is 5.92 Å². The molecule has 6 rings (SSSR count). The quantitative estimate of drug-likeness (QED) is 0.185. The molecule has 1 unspecified atom stereocenters. The molecule has 1 aliphatic heterocycles. The summed E-state index contributed by atoms with van der Waals surface area (Å²) in [6, 6.07) is 49.3. The normalized spacial score (nSPS) is 18.1. The summed E-state index contributed by atoms with van der Waals surface area (Å²) in [5, 5.41) is 14.6. The van der Waals surface area contributed by atoms with E-state index in [1.807, 2.05) is 0 Å². The zero-order chi connectivity index (χ0) is 29.9. The fraction of sp³-hybridized carbons (Fsp3) is 0.205. The van der Waals surface area contributed by atoms with Gasteiger partial charge in [-0.15, -0.1) is 0 Å². The number of carboxylic acids is 1. The fourth-order valence-electron chi connectivity index (χ4n) is 7.38. The molecule has 0 aliphatic carbocycles. The van der Waals surface area contributed by atoms with Gasteiger partial charge in [0, 0.05) is 0 Å². The van der Waals surface area contributed by atoms with Gasteiger partial charge in [-0.2, -0.15) is 0 Å². The van der Waals surface area contributed by atoms with Gasteiger partial charge >= 0.3 is 256 Å². The molecule has 3 nitrogen and oxygen atoms in total. The van der Waals surface area contributed by atoms with Gasteiger partial charge in [-0.05, 0) is 0 Å². The molecule has 0 bridgehead atoms. The van der Waals surface area contributed by atoms with Crippen molar-refractivity contribution in [2.45, 2.75) is 38.9 Å². The predicted molar refractivity (Wildman–Crippen MR) is 181 cm³/mol. The zero-order valence-electron chi connectivity index (χ0n) is 25.0. The first-order valence-electron chi connectivity index (χ1n) is 15.2. The molecule has 5 aromatic rings. The Labute approximate surface area is 255 Å². The minimum absolute atomic E-state index is 0.208. The molecular weight excluding hydrogens is 545 g/mol. The maximum absolute atomic E-state index is 13.4. The second kappa shape index (κ2) is 11.9. The van der Waals surface area contributed by atoms with Crippen LogP contribution >= 0.6 is 6.75 Å². The SMILES string of the molecule is Cc1ccc(CC2C[C@@H](C(=O)O)N(P(Cc3ccc(C)cc3)(c3ccccc3)(c3ccccc3)c3ccccc3)C2)cc1. The molecule has 1 saturated heterocycles. The minimum atomic E-state index is -3.68. The Morgan fingerprint density at radius 1 is 0.651 bits per heavy atom. The molecule has 0 amide bonds. The second-order valence-corrected chi connectivity index (χ2v) is 17.1. The molecule has 218 valence electrons. The van der Waals surface area contributed by atoms with Crippen molar-refractivity contribution < 1.29 is 9.90 Å². The van der Waals surface area contributed by atoms with Gasteiger partial charge in [0.2, 0.25) is 0 Å². The average molecular weight is 586 g/mol. The van der Waals surface area contributed by atoms with Crippen molar-refractivity contribution in [3.05, 3.63) is 162 Å². The predicted octanol–water partition coefficient (Wildman–Crippen LogP) is 7.27. The molecule has 0 radical (unpaired) electrons. The van der Waals surface area contributed by atoms with Crippen molar-refractivity contribution in [1.29, 1.82) is 0 Å². The van der Waals surface area contributed by atoms with Crippen LogP contribution in [0.2, 0.25) is 0 Å². The van der Waals surface area contributed by atoms with E-state index >= 15 is 0 Å². The summed E-state index contributed by atoms with van der Waals surface area (Å²) in [4.78, 5) is 13.4. The van der Waals surface area contributed by atoms with Crippen molar-refractivity contribution in [2.75, 3.05) is 6.54 Å². The summed E-state index contributed by atoms with van der Waals surface area (Å²) in [7, 11) is 0. The van der Waals surface area contributed by atoms with Gasteiger partial charge in [0.1, 0.15) is 0 Å². The Kier molecular flexibility index (Phi) is 8.05. The number of rotatable bonds is 9. The third kappa shape index (κ3) is 5.12. The van der Waals surface area contributed by atoms with Crippen LogP contribution in [0.4, 0.5) is 0 Å². The number of nitrogens with zero attached hydrogens (tertiary/aromatic N) is 1.